The molecule has 0 aliphatic carbocycles. The number of carbonyl (C=O) groups excluding carboxylic acids is 1. The first kappa shape index (κ1) is 15.1. The molecule has 1 aromatic rings. The first-order valence-electron chi connectivity index (χ1n) is 6.66. The van der Waals surface area contributed by atoms with Gasteiger partial charge in [0.25, 0.3) is 0 Å². The number of ether oxygens (including phenoxy) is 1. The zero-order chi connectivity index (χ0) is 14.9. The molecule has 0 saturated carbocycles. The summed E-state index contributed by atoms with van der Waals surface area (Å²) < 4.78 is 5.99. The van der Waals surface area contributed by atoms with Crippen molar-refractivity contribution in [3.05, 3.63) is 22.7 Å². The maximum atomic E-state index is 12.1. The van der Waals surface area contributed by atoms with Crippen LogP contribution in [0.25, 0.3) is 0 Å². The van der Waals surface area contributed by atoms with Crippen molar-refractivity contribution in [1.82, 2.24) is 0 Å². The van der Waals surface area contributed by atoms with Crippen molar-refractivity contribution < 1.29 is 14.6 Å². The number of benzene rings is 1. The van der Waals surface area contributed by atoms with E-state index in [1.54, 1.807) is 18.7 Å². The van der Waals surface area contributed by atoms with Crippen LogP contribution in [0.2, 0.25) is 0 Å². The zero-order valence-corrected chi connectivity index (χ0v) is 13.4. The molecule has 6 heteroatoms. The van der Waals surface area contributed by atoms with E-state index in [1.807, 2.05) is 30.0 Å². The average molecular weight is 343 g/mol. The first-order chi connectivity index (χ1) is 9.45. The quantitative estimate of drug-likeness (QED) is 0.897. The second-order valence-corrected chi connectivity index (χ2v) is 5.75. The molecule has 0 aromatic heterocycles. The number of fused-ring (bicyclic) bond motifs is 1. The monoisotopic (exact) mass is 342 g/mol. The molecular weight excluding hydrogens is 324 g/mol. The minimum atomic E-state index is -0.616. The van der Waals surface area contributed by atoms with Gasteiger partial charge in [-0.05, 0) is 39.0 Å². The fourth-order valence-electron chi connectivity index (χ4n) is 2.56. The van der Waals surface area contributed by atoms with Gasteiger partial charge in [0, 0.05) is 17.1 Å². The van der Waals surface area contributed by atoms with E-state index in [2.05, 4.69) is 15.9 Å². The van der Waals surface area contributed by atoms with Gasteiger partial charge in [-0.25, -0.2) is 4.79 Å². The van der Waals surface area contributed by atoms with Crippen LogP contribution in [0.3, 0.4) is 0 Å². The Balaban J connectivity index is 2.47. The molecular formula is C14H19BrN2O3. The fourth-order valence-corrected chi connectivity index (χ4v) is 2.91. The molecule has 1 aliphatic rings. The van der Waals surface area contributed by atoms with Crippen LogP contribution in [0.15, 0.2) is 22.7 Å². The Kier molecular flexibility index (Phi) is 4.55. The summed E-state index contributed by atoms with van der Waals surface area (Å²) in [5, 5.41) is 9.97. The molecule has 110 valence electrons. The van der Waals surface area contributed by atoms with Gasteiger partial charge in [0.15, 0.2) is 0 Å². The molecule has 0 radical (unpaired) electrons. The Bertz CT molecular complexity index is 507. The van der Waals surface area contributed by atoms with Crippen molar-refractivity contribution in [1.29, 1.82) is 0 Å². The summed E-state index contributed by atoms with van der Waals surface area (Å²) in [7, 11) is 0. The number of halogens is 1. The Morgan fingerprint density at radius 3 is 2.85 bits per heavy atom. The van der Waals surface area contributed by atoms with Gasteiger partial charge < -0.3 is 14.7 Å². The van der Waals surface area contributed by atoms with Crippen LogP contribution < -0.4 is 9.80 Å². The molecule has 0 bridgehead atoms. The third-order valence-electron chi connectivity index (χ3n) is 3.32. The Morgan fingerprint density at radius 1 is 1.55 bits per heavy atom. The van der Waals surface area contributed by atoms with Crippen molar-refractivity contribution in [2.24, 2.45) is 0 Å². The van der Waals surface area contributed by atoms with E-state index >= 15 is 0 Å². The zero-order valence-electron chi connectivity index (χ0n) is 11.8. The lowest BCUT2D eigenvalue weighted by molar-refractivity contribution is 0.154. The largest absolute Gasteiger partial charge is 0.449 e. The number of aliphatic hydroxyl groups excluding tert-OH is 1. The van der Waals surface area contributed by atoms with Crippen molar-refractivity contribution >= 4 is 33.4 Å². The van der Waals surface area contributed by atoms with E-state index in [9.17, 15) is 9.90 Å². The number of hydrogen-bond acceptors (Lipinski definition) is 4. The van der Waals surface area contributed by atoms with Crippen LogP contribution in [0.1, 0.15) is 20.8 Å². The number of nitrogens with zero attached hydrogens (tertiary/aromatic N) is 2. The summed E-state index contributed by atoms with van der Waals surface area (Å²) in [4.78, 5) is 15.6. The lowest BCUT2D eigenvalue weighted by Gasteiger charge is -2.43. The van der Waals surface area contributed by atoms with Crippen LogP contribution in [0.5, 0.6) is 0 Å². The van der Waals surface area contributed by atoms with Crippen molar-refractivity contribution in [2.75, 3.05) is 23.0 Å². The maximum absolute atomic E-state index is 12.1. The first-order valence-corrected chi connectivity index (χ1v) is 7.45. The molecule has 0 saturated heterocycles. The Labute approximate surface area is 127 Å². The van der Waals surface area contributed by atoms with Gasteiger partial charge in [-0.1, -0.05) is 15.9 Å². The normalized spacial score (nSPS) is 19.6. The van der Waals surface area contributed by atoms with Gasteiger partial charge in [-0.3, -0.25) is 4.90 Å². The lowest BCUT2D eigenvalue weighted by atomic mass is 10.1. The molecule has 2 unspecified atom stereocenters. The highest BCUT2D eigenvalue weighted by Crippen LogP contribution is 2.38. The van der Waals surface area contributed by atoms with E-state index in [1.165, 1.54) is 0 Å². The number of carbonyl (C=O) groups is 1. The summed E-state index contributed by atoms with van der Waals surface area (Å²) in [6, 6.07) is 5.67. The third-order valence-corrected chi connectivity index (χ3v) is 3.81. The molecule has 1 amide bonds. The van der Waals surface area contributed by atoms with Gasteiger partial charge >= 0.3 is 6.09 Å². The minimum absolute atomic E-state index is 0.00748. The molecule has 1 heterocycles. The lowest BCUT2D eigenvalue weighted by Crippen LogP contribution is -2.52. The second kappa shape index (κ2) is 6.01. The van der Waals surface area contributed by atoms with Crippen LogP contribution >= 0.6 is 15.9 Å². The molecule has 1 N–H and O–H groups in total. The van der Waals surface area contributed by atoms with E-state index in [-0.39, 0.29) is 12.1 Å². The molecule has 1 aliphatic heterocycles. The number of anilines is 2. The van der Waals surface area contributed by atoms with Crippen molar-refractivity contribution in [3.8, 4) is 0 Å². The van der Waals surface area contributed by atoms with Gasteiger partial charge in [-0.2, -0.15) is 0 Å². The topological polar surface area (TPSA) is 53.0 Å². The summed E-state index contributed by atoms with van der Waals surface area (Å²) in [6.45, 7) is 6.31. The van der Waals surface area contributed by atoms with E-state index in [4.69, 9.17) is 4.74 Å². The fraction of sp³-hybridized carbons (Fsp3) is 0.500. The number of rotatable bonds is 2. The average Bonchev–Trinajstić information content (AvgIpc) is 2.37. The maximum Gasteiger partial charge on any atom is 0.414 e. The van der Waals surface area contributed by atoms with Crippen LogP contribution in [-0.4, -0.2) is 36.6 Å². The number of amides is 1. The molecule has 0 fully saturated rings. The highest BCUT2D eigenvalue weighted by Gasteiger charge is 2.34. The minimum Gasteiger partial charge on any atom is -0.449 e. The molecule has 20 heavy (non-hydrogen) atoms. The Morgan fingerprint density at radius 2 is 2.25 bits per heavy atom. The highest BCUT2D eigenvalue weighted by atomic mass is 79.9. The predicted octanol–water partition coefficient (Wildman–Crippen LogP) is 2.96. The standard InChI is InChI=1S/C14H19BrN2O3/c1-4-20-14(19)16-8-9(2)17(10(3)18)12-6-5-11(15)7-13(12)16/h5-7,9-10,18H,4,8H2,1-3H3. The molecule has 5 nitrogen and oxygen atoms in total. The van der Waals surface area contributed by atoms with Crippen molar-refractivity contribution in [3.63, 3.8) is 0 Å². The van der Waals surface area contributed by atoms with Gasteiger partial charge in [0.1, 0.15) is 6.23 Å². The summed E-state index contributed by atoms with van der Waals surface area (Å²) >= 11 is 3.42. The SMILES string of the molecule is CCOC(=O)N1CC(C)N(C(C)O)c2ccc(Br)cc21. The third kappa shape index (κ3) is 2.76. The summed E-state index contributed by atoms with van der Waals surface area (Å²) in [5.41, 5.74) is 1.58. The highest BCUT2D eigenvalue weighted by molar-refractivity contribution is 9.10. The van der Waals surface area contributed by atoms with Crippen LogP contribution in [0.4, 0.5) is 16.2 Å². The Hall–Kier alpha value is -1.27. The smallest absolute Gasteiger partial charge is 0.414 e. The van der Waals surface area contributed by atoms with Gasteiger partial charge in [0.2, 0.25) is 0 Å². The summed E-state index contributed by atoms with van der Waals surface area (Å²) in [5.74, 6) is 0. The molecule has 1 aromatic carbocycles. The van der Waals surface area contributed by atoms with Crippen LogP contribution in [-0.2, 0) is 4.74 Å². The molecule has 2 rings (SSSR count). The van der Waals surface area contributed by atoms with E-state index in [0.717, 1.165) is 15.8 Å². The predicted molar refractivity (Wildman–Crippen MR) is 82.1 cm³/mol. The second-order valence-electron chi connectivity index (χ2n) is 4.83. The van der Waals surface area contributed by atoms with Crippen LogP contribution in [0, 0.1) is 0 Å². The van der Waals surface area contributed by atoms with Gasteiger partial charge in [-0.15, -0.1) is 0 Å². The van der Waals surface area contributed by atoms with E-state index in [0.29, 0.717) is 13.2 Å². The van der Waals surface area contributed by atoms with Crippen molar-refractivity contribution in [2.45, 2.75) is 33.0 Å². The molecule has 2 atom stereocenters. The van der Waals surface area contributed by atoms with E-state index < -0.39 is 6.23 Å². The number of aliphatic hydroxyl groups is 1. The van der Waals surface area contributed by atoms with Gasteiger partial charge in [0.05, 0.1) is 18.0 Å². The summed E-state index contributed by atoms with van der Waals surface area (Å²) in [6.07, 6.45) is -0.974. The molecule has 0 spiro atoms. The number of hydrogen-bond donors (Lipinski definition) is 1.